The molecule has 2 aliphatic rings. The van der Waals surface area contributed by atoms with Gasteiger partial charge in [-0.2, -0.15) is 0 Å². The van der Waals surface area contributed by atoms with E-state index in [1.54, 1.807) is 18.2 Å². The Morgan fingerprint density at radius 2 is 2.20 bits per heavy atom. The van der Waals surface area contributed by atoms with Crippen molar-refractivity contribution in [2.45, 2.75) is 25.9 Å². The molecule has 1 fully saturated rings. The maximum atomic E-state index is 12.5. The predicted octanol–water partition coefficient (Wildman–Crippen LogP) is 1.65. The van der Waals surface area contributed by atoms with Crippen LogP contribution in [0.2, 0.25) is 0 Å². The van der Waals surface area contributed by atoms with Crippen molar-refractivity contribution in [3.05, 3.63) is 23.8 Å². The monoisotopic (exact) mass is 277 g/mol. The van der Waals surface area contributed by atoms with E-state index in [2.05, 4.69) is 0 Å². The van der Waals surface area contributed by atoms with E-state index >= 15 is 0 Å². The number of amides is 1. The van der Waals surface area contributed by atoms with E-state index in [9.17, 15) is 9.90 Å². The third-order valence-electron chi connectivity index (χ3n) is 4.12. The third kappa shape index (κ3) is 2.33. The molecule has 5 nitrogen and oxygen atoms in total. The Balaban J connectivity index is 1.75. The molecule has 108 valence electrons. The fraction of sp³-hybridized carbons (Fsp3) is 0.533. The van der Waals surface area contributed by atoms with Crippen LogP contribution in [0.15, 0.2) is 18.2 Å². The minimum absolute atomic E-state index is 0.00588. The number of likely N-dealkylation sites (tertiary alicyclic amines) is 1. The van der Waals surface area contributed by atoms with E-state index in [1.807, 2.05) is 11.8 Å². The van der Waals surface area contributed by atoms with Gasteiger partial charge in [-0.3, -0.25) is 4.79 Å². The third-order valence-corrected chi connectivity index (χ3v) is 4.12. The van der Waals surface area contributed by atoms with Crippen LogP contribution in [0.1, 0.15) is 30.1 Å². The van der Waals surface area contributed by atoms with E-state index < -0.39 is 0 Å². The first-order chi connectivity index (χ1) is 9.69. The van der Waals surface area contributed by atoms with Gasteiger partial charge in [-0.05, 0) is 31.0 Å². The second kappa shape index (κ2) is 5.32. The summed E-state index contributed by atoms with van der Waals surface area (Å²) in [5.74, 6) is 1.47. The van der Waals surface area contributed by atoms with Crippen LogP contribution in [0.3, 0.4) is 0 Å². The van der Waals surface area contributed by atoms with Gasteiger partial charge >= 0.3 is 0 Å². The Morgan fingerprint density at radius 1 is 1.40 bits per heavy atom. The van der Waals surface area contributed by atoms with Crippen LogP contribution in [-0.4, -0.2) is 41.9 Å². The highest BCUT2D eigenvalue weighted by atomic mass is 16.7. The van der Waals surface area contributed by atoms with Crippen molar-refractivity contribution in [1.29, 1.82) is 0 Å². The van der Waals surface area contributed by atoms with Crippen molar-refractivity contribution in [2.24, 2.45) is 5.92 Å². The predicted molar refractivity (Wildman–Crippen MR) is 72.9 cm³/mol. The Morgan fingerprint density at radius 3 is 3.00 bits per heavy atom. The Hall–Kier alpha value is -1.75. The normalized spacial score (nSPS) is 24.8. The molecule has 1 saturated heterocycles. The molecule has 2 atom stereocenters. The zero-order valence-electron chi connectivity index (χ0n) is 11.5. The van der Waals surface area contributed by atoms with Gasteiger partial charge in [-0.25, -0.2) is 0 Å². The van der Waals surface area contributed by atoms with Crippen LogP contribution in [-0.2, 0) is 0 Å². The van der Waals surface area contributed by atoms with E-state index in [1.165, 1.54) is 0 Å². The molecule has 2 heterocycles. The lowest BCUT2D eigenvalue weighted by molar-refractivity contribution is 0.0229. The summed E-state index contributed by atoms with van der Waals surface area (Å²) in [5, 5.41) is 9.89. The number of piperidine rings is 1. The van der Waals surface area contributed by atoms with Crippen molar-refractivity contribution in [3.63, 3.8) is 0 Å². The van der Waals surface area contributed by atoms with Gasteiger partial charge in [-0.1, -0.05) is 6.92 Å². The van der Waals surface area contributed by atoms with Crippen molar-refractivity contribution in [3.8, 4) is 11.5 Å². The number of fused-ring (bicyclic) bond motifs is 1. The van der Waals surface area contributed by atoms with E-state index in [0.717, 1.165) is 6.42 Å². The van der Waals surface area contributed by atoms with Crippen LogP contribution in [0.5, 0.6) is 11.5 Å². The van der Waals surface area contributed by atoms with E-state index in [0.29, 0.717) is 36.6 Å². The van der Waals surface area contributed by atoms with Crippen LogP contribution in [0, 0.1) is 5.92 Å². The molecule has 1 aromatic rings. The molecule has 0 aromatic heterocycles. The molecule has 1 amide bonds. The molecule has 0 bridgehead atoms. The molecule has 0 saturated carbocycles. The molecule has 20 heavy (non-hydrogen) atoms. The number of aliphatic hydroxyl groups excluding tert-OH is 1. The van der Waals surface area contributed by atoms with E-state index in [-0.39, 0.29) is 24.7 Å². The number of hydrogen-bond donors (Lipinski definition) is 1. The molecule has 2 unspecified atom stereocenters. The largest absolute Gasteiger partial charge is 0.454 e. The molecule has 0 radical (unpaired) electrons. The summed E-state index contributed by atoms with van der Waals surface area (Å²) in [4.78, 5) is 14.3. The maximum Gasteiger partial charge on any atom is 0.254 e. The number of rotatable bonds is 2. The highest BCUT2D eigenvalue weighted by Crippen LogP contribution is 2.33. The second-order valence-corrected chi connectivity index (χ2v) is 5.34. The van der Waals surface area contributed by atoms with Crippen LogP contribution in [0.25, 0.3) is 0 Å². The quantitative estimate of drug-likeness (QED) is 0.893. The summed E-state index contributed by atoms with van der Waals surface area (Å²) >= 11 is 0. The number of benzene rings is 1. The maximum absolute atomic E-state index is 12.5. The van der Waals surface area contributed by atoms with Crippen molar-refractivity contribution < 1.29 is 19.4 Å². The number of aliphatic hydroxyl groups is 1. The zero-order valence-corrected chi connectivity index (χ0v) is 11.5. The highest BCUT2D eigenvalue weighted by molar-refractivity contribution is 5.95. The lowest BCUT2D eigenvalue weighted by Gasteiger charge is -2.35. The van der Waals surface area contributed by atoms with Gasteiger partial charge in [-0.15, -0.1) is 0 Å². The summed E-state index contributed by atoms with van der Waals surface area (Å²) in [6.07, 6.45) is 1.24. The second-order valence-electron chi connectivity index (χ2n) is 5.34. The number of ether oxygens (including phenoxy) is 2. The molecule has 3 rings (SSSR count). The lowest BCUT2D eigenvalue weighted by atomic mass is 9.92. The van der Waals surface area contributed by atoms with Gasteiger partial charge in [0.15, 0.2) is 11.5 Å². The minimum atomic E-state index is -0.291. The molecule has 1 aromatic carbocycles. The first-order valence-electron chi connectivity index (χ1n) is 7.06. The van der Waals surface area contributed by atoms with Gasteiger partial charge < -0.3 is 19.5 Å². The standard InChI is InChI=1S/C15H19NO4/c1-2-10-8-16(6-5-12(10)17)15(18)11-3-4-13-14(7-11)20-9-19-13/h3-4,7,10,12,17H,2,5-6,8-9H2,1H3. The van der Waals surface area contributed by atoms with Crippen molar-refractivity contribution >= 4 is 5.91 Å². The minimum Gasteiger partial charge on any atom is -0.454 e. The Bertz CT molecular complexity index is 517. The molecular formula is C15H19NO4. The highest BCUT2D eigenvalue weighted by Gasteiger charge is 2.30. The summed E-state index contributed by atoms with van der Waals surface area (Å²) in [6, 6.07) is 5.27. The van der Waals surface area contributed by atoms with E-state index in [4.69, 9.17) is 9.47 Å². The molecule has 0 spiro atoms. The Labute approximate surface area is 118 Å². The summed E-state index contributed by atoms with van der Waals surface area (Å²) in [6.45, 7) is 3.47. The van der Waals surface area contributed by atoms with Crippen molar-refractivity contribution in [2.75, 3.05) is 19.9 Å². The molecular weight excluding hydrogens is 258 g/mol. The van der Waals surface area contributed by atoms with Crippen LogP contribution < -0.4 is 9.47 Å². The van der Waals surface area contributed by atoms with Gasteiger partial charge in [0.1, 0.15) is 0 Å². The van der Waals surface area contributed by atoms with Crippen LogP contribution in [0.4, 0.5) is 0 Å². The molecule has 5 heteroatoms. The number of hydrogen-bond acceptors (Lipinski definition) is 4. The lowest BCUT2D eigenvalue weighted by Crippen LogP contribution is -2.45. The Kier molecular flexibility index (Phi) is 3.53. The molecule has 0 aliphatic carbocycles. The van der Waals surface area contributed by atoms with Gasteiger partial charge in [0.25, 0.3) is 5.91 Å². The fourth-order valence-corrected chi connectivity index (χ4v) is 2.82. The summed E-state index contributed by atoms with van der Waals surface area (Å²) in [5.41, 5.74) is 0.612. The topological polar surface area (TPSA) is 59.0 Å². The fourth-order valence-electron chi connectivity index (χ4n) is 2.82. The number of carbonyl (C=O) groups excluding carboxylic acids is 1. The summed E-state index contributed by atoms with van der Waals surface area (Å²) < 4.78 is 10.5. The first kappa shape index (κ1) is 13.2. The van der Waals surface area contributed by atoms with Crippen molar-refractivity contribution in [1.82, 2.24) is 4.90 Å². The van der Waals surface area contributed by atoms with Gasteiger partial charge in [0, 0.05) is 24.6 Å². The SMILES string of the molecule is CCC1CN(C(=O)c2ccc3c(c2)OCO3)CCC1O. The van der Waals surface area contributed by atoms with Crippen LogP contribution >= 0.6 is 0 Å². The average Bonchev–Trinajstić information content (AvgIpc) is 2.94. The zero-order chi connectivity index (χ0) is 14.1. The van der Waals surface area contributed by atoms with Gasteiger partial charge in [0.2, 0.25) is 6.79 Å². The van der Waals surface area contributed by atoms with Gasteiger partial charge in [0.05, 0.1) is 6.10 Å². The molecule has 1 N–H and O–H groups in total. The number of carbonyl (C=O) groups is 1. The number of nitrogens with zero attached hydrogens (tertiary/aromatic N) is 1. The summed E-state index contributed by atoms with van der Waals surface area (Å²) in [7, 11) is 0. The average molecular weight is 277 g/mol. The first-order valence-corrected chi connectivity index (χ1v) is 7.06. The smallest absolute Gasteiger partial charge is 0.254 e. The molecule has 2 aliphatic heterocycles.